The van der Waals surface area contributed by atoms with Crippen LogP contribution in [0.3, 0.4) is 0 Å². The minimum absolute atomic E-state index is 0.164. The van der Waals surface area contributed by atoms with Crippen LogP contribution in [-0.2, 0) is 6.54 Å². The highest BCUT2D eigenvalue weighted by Crippen LogP contribution is 2.42. The Morgan fingerprint density at radius 2 is 2.11 bits per heavy atom. The zero-order chi connectivity index (χ0) is 19.3. The Morgan fingerprint density at radius 3 is 2.89 bits per heavy atom. The number of benzene rings is 1. The maximum Gasteiger partial charge on any atom is 0.267 e. The standard InChI is InChI=1S/C19H16ClN5OS2/c1-10-13-8-15(16(26)21-19-23-22-17(28-19)11-6-7-11)27-18(13)25(24-10)9-12-4-2-3-5-14(12)20/h2-5,8,11H,6-7,9H2,1H3,(H,21,23,26). The Morgan fingerprint density at radius 1 is 1.29 bits per heavy atom. The topological polar surface area (TPSA) is 72.7 Å². The molecule has 0 unspecified atom stereocenters. The van der Waals surface area contributed by atoms with Crippen LogP contribution in [0, 0.1) is 6.92 Å². The Hall–Kier alpha value is -2.29. The molecule has 1 saturated carbocycles. The molecule has 1 fully saturated rings. The van der Waals surface area contributed by atoms with Gasteiger partial charge in [-0.1, -0.05) is 41.1 Å². The van der Waals surface area contributed by atoms with E-state index < -0.39 is 0 Å². The molecule has 0 saturated heterocycles. The lowest BCUT2D eigenvalue weighted by Gasteiger charge is -2.05. The third-order valence-corrected chi connectivity index (χ3v) is 7.21. The molecule has 1 aliphatic rings. The molecule has 0 spiro atoms. The molecule has 28 heavy (non-hydrogen) atoms. The molecule has 0 atom stereocenters. The van der Waals surface area contributed by atoms with Gasteiger partial charge in [0.1, 0.15) is 9.84 Å². The van der Waals surface area contributed by atoms with Gasteiger partial charge in [0.15, 0.2) is 0 Å². The van der Waals surface area contributed by atoms with E-state index >= 15 is 0 Å². The molecule has 142 valence electrons. The largest absolute Gasteiger partial charge is 0.296 e. The van der Waals surface area contributed by atoms with Crippen LogP contribution in [0.1, 0.15) is 44.7 Å². The number of hydrogen-bond donors (Lipinski definition) is 1. The van der Waals surface area contributed by atoms with Gasteiger partial charge in [-0.25, -0.2) is 0 Å². The molecule has 0 aliphatic heterocycles. The second-order valence-corrected chi connectivity index (χ2v) is 9.28. The summed E-state index contributed by atoms with van der Waals surface area (Å²) >= 11 is 9.18. The van der Waals surface area contributed by atoms with E-state index in [9.17, 15) is 4.79 Å². The lowest BCUT2D eigenvalue weighted by molar-refractivity contribution is 0.103. The van der Waals surface area contributed by atoms with Gasteiger partial charge in [-0.05, 0) is 37.5 Å². The molecular formula is C19H16ClN5OS2. The first-order valence-electron chi connectivity index (χ1n) is 8.93. The predicted octanol–water partition coefficient (Wildman–Crippen LogP) is 5.09. The monoisotopic (exact) mass is 429 g/mol. The summed E-state index contributed by atoms with van der Waals surface area (Å²) in [4.78, 5) is 14.3. The minimum Gasteiger partial charge on any atom is -0.296 e. The zero-order valence-corrected chi connectivity index (χ0v) is 17.4. The fraction of sp³-hybridized carbons (Fsp3) is 0.263. The second-order valence-electron chi connectivity index (χ2n) is 6.84. The van der Waals surface area contributed by atoms with Crippen LogP contribution in [-0.4, -0.2) is 25.9 Å². The Kier molecular flexibility index (Phi) is 4.41. The highest BCUT2D eigenvalue weighted by Gasteiger charge is 2.28. The molecule has 0 radical (unpaired) electrons. The average Bonchev–Trinajstić information content (AvgIpc) is 3.14. The van der Waals surface area contributed by atoms with Gasteiger partial charge in [0, 0.05) is 16.3 Å². The van der Waals surface area contributed by atoms with Crippen LogP contribution >= 0.6 is 34.3 Å². The lowest BCUT2D eigenvalue weighted by Crippen LogP contribution is -2.10. The number of halogens is 1. The number of hydrogen-bond acceptors (Lipinski definition) is 6. The van der Waals surface area contributed by atoms with Crippen molar-refractivity contribution in [3.63, 3.8) is 0 Å². The number of fused-ring (bicyclic) bond motifs is 1. The predicted molar refractivity (Wildman–Crippen MR) is 113 cm³/mol. The number of nitrogens with one attached hydrogen (secondary N) is 1. The summed E-state index contributed by atoms with van der Waals surface area (Å²) in [5.41, 5.74) is 1.89. The molecule has 0 bridgehead atoms. The summed E-state index contributed by atoms with van der Waals surface area (Å²) in [5, 5.41) is 19.0. The first-order chi connectivity index (χ1) is 13.6. The number of thiophene rings is 1. The fourth-order valence-corrected chi connectivity index (χ4v) is 5.22. The maximum atomic E-state index is 12.7. The van der Waals surface area contributed by atoms with Gasteiger partial charge in [-0.15, -0.1) is 21.5 Å². The van der Waals surface area contributed by atoms with Gasteiger partial charge in [0.2, 0.25) is 5.13 Å². The number of carbonyl (C=O) groups is 1. The number of aryl methyl sites for hydroxylation is 1. The van der Waals surface area contributed by atoms with E-state index in [1.54, 1.807) is 0 Å². The molecular weight excluding hydrogens is 414 g/mol. The summed E-state index contributed by atoms with van der Waals surface area (Å²) in [6, 6.07) is 9.62. The lowest BCUT2D eigenvalue weighted by atomic mass is 10.2. The van der Waals surface area contributed by atoms with E-state index in [-0.39, 0.29) is 5.91 Å². The molecule has 3 aromatic heterocycles. The summed E-state index contributed by atoms with van der Waals surface area (Å²) in [5.74, 6) is 0.370. The van der Waals surface area contributed by atoms with E-state index in [4.69, 9.17) is 11.6 Å². The molecule has 6 nitrogen and oxygen atoms in total. The highest BCUT2D eigenvalue weighted by molar-refractivity contribution is 7.20. The Bertz CT molecular complexity index is 1190. The van der Waals surface area contributed by atoms with Crippen molar-refractivity contribution in [2.75, 3.05) is 5.32 Å². The second kappa shape index (κ2) is 6.95. The van der Waals surface area contributed by atoms with Gasteiger partial charge in [0.05, 0.1) is 17.1 Å². The van der Waals surface area contributed by atoms with Crippen molar-refractivity contribution in [3.05, 3.63) is 56.5 Å². The molecule has 9 heteroatoms. The first kappa shape index (κ1) is 17.8. The van der Waals surface area contributed by atoms with Gasteiger partial charge in [-0.2, -0.15) is 5.10 Å². The van der Waals surface area contributed by atoms with Crippen LogP contribution in [0.5, 0.6) is 0 Å². The van der Waals surface area contributed by atoms with Gasteiger partial charge in [-0.3, -0.25) is 14.8 Å². The number of rotatable bonds is 5. The summed E-state index contributed by atoms with van der Waals surface area (Å²) in [7, 11) is 0. The van der Waals surface area contributed by atoms with E-state index in [1.807, 2.05) is 41.9 Å². The first-order valence-corrected chi connectivity index (χ1v) is 10.9. The summed E-state index contributed by atoms with van der Waals surface area (Å²) < 4.78 is 1.91. The van der Waals surface area contributed by atoms with E-state index in [2.05, 4.69) is 20.6 Å². The van der Waals surface area contributed by atoms with Crippen LogP contribution in [0.25, 0.3) is 10.2 Å². The van der Waals surface area contributed by atoms with Crippen LogP contribution in [0.15, 0.2) is 30.3 Å². The third kappa shape index (κ3) is 3.32. The number of aromatic nitrogens is 4. The average molecular weight is 430 g/mol. The van der Waals surface area contributed by atoms with Crippen molar-refractivity contribution in [2.24, 2.45) is 0 Å². The van der Waals surface area contributed by atoms with Crippen LogP contribution < -0.4 is 5.32 Å². The van der Waals surface area contributed by atoms with Gasteiger partial charge in [0.25, 0.3) is 5.91 Å². The van der Waals surface area contributed by atoms with Gasteiger partial charge < -0.3 is 0 Å². The number of carbonyl (C=O) groups excluding carboxylic acids is 1. The molecule has 5 rings (SSSR count). The van der Waals surface area contributed by atoms with Crippen molar-refractivity contribution in [1.29, 1.82) is 0 Å². The number of anilines is 1. The number of amides is 1. The quantitative estimate of drug-likeness (QED) is 0.479. The summed E-state index contributed by atoms with van der Waals surface area (Å²) in [6.45, 7) is 2.51. The third-order valence-electron chi connectivity index (χ3n) is 4.70. The van der Waals surface area contributed by atoms with E-state index in [1.165, 1.54) is 35.5 Å². The number of nitrogens with zero attached hydrogens (tertiary/aromatic N) is 4. The van der Waals surface area contributed by atoms with Crippen molar-refractivity contribution < 1.29 is 4.79 Å². The van der Waals surface area contributed by atoms with Crippen molar-refractivity contribution in [3.8, 4) is 0 Å². The fourth-order valence-electron chi connectivity index (χ4n) is 3.06. The zero-order valence-electron chi connectivity index (χ0n) is 15.0. The smallest absolute Gasteiger partial charge is 0.267 e. The van der Waals surface area contributed by atoms with E-state index in [0.717, 1.165) is 26.5 Å². The molecule has 1 N–H and O–H groups in total. The molecule has 3 heterocycles. The SMILES string of the molecule is Cc1nn(Cc2ccccc2Cl)c2sc(C(=O)Nc3nnc(C4CC4)s3)cc12. The molecule has 1 amide bonds. The minimum atomic E-state index is -0.164. The maximum absolute atomic E-state index is 12.7. The Labute approximate surface area is 174 Å². The normalized spacial score (nSPS) is 13.9. The van der Waals surface area contributed by atoms with Crippen molar-refractivity contribution in [2.45, 2.75) is 32.2 Å². The van der Waals surface area contributed by atoms with Crippen molar-refractivity contribution >= 4 is 55.5 Å². The Balaban J connectivity index is 1.41. The van der Waals surface area contributed by atoms with Crippen LogP contribution in [0.4, 0.5) is 5.13 Å². The molecule has 1 aromatic carbocycles. The highest BCUT2D eigenvalue weighted by atomic mass is 35.5. The molecule has 4 aromatic rings. The van der Waals surface area contributed by atoms with Crippen LogP contribution in [0.2, 0.25) is 5.02 Å². The molecule has 1 aliphatic carbocycles. The van der Waals surface area contributed by atoms with Gasteiger partial charge >= 0.3 is 0 Å². The van der Waals surface area contributed by atoms with Crippen molar-refractivity contribution in [1.82, 2.24) is 20.0 Å². The summed E-state index contributed by atoms with van der Waals surface area (Å²) in [6.07, 6.45) is 2.33. The van der Waals surface area contributed by atoms with E-state index in [0.29, 0.717) is 27.5 Å².